The van der Waals surface area contributed by atoms with E-state index in [9.17, 15) is 4.39 Å². The van der Waals surface area contributed by atoms with Gasteiger partial charge in [0, 0.05) is 22.7 Å². The summed E-state index contributed by atoms with van der Waals surface area (Å²) in [4.78, 5) is 0. The van der Waals surface area contributed by atoms with Crippen molar-refractivity contribution in [3.05, 3.63) is 65.6 Å². The van der Waals surface area contributed by atoms with E-state index in [1.165, 1.54) is 7.11 Å². The number of methoxy groups -OCH3 is 1. The molecule has 0 aliphatic carbocycles. The monoisotopic (exact) mass is 280 g/mol. The zero-order valence-corrected chi connectivity index (χ0v) is 11.5. The minimum Gasteiger partial charge on any atom is -0.494 e. The molecule has 4 heteroatoms. The molecule has 0 amide bonds. The Kier molecular flexibility index (Phi) is 3.33. The predicted octanol–water partition coefficient (Wildman–Crippen LogP) is 3.71. The van der Waals surface area contributed by atoms with Crippen molar-refractivity contribution in [3.8, 4) is 11.8 Å². The SMILES string of the molecule is COc1cccc(Cn2ccc3cc(C#N)ccc32)c1F. The molecule has 21 heavy (non-hydrogen) atoms. The van der Waals surface area contributed by atoms with Crippen LogP contribution < -0.4 is 4.74 Å². The van der Waals surface area contributed by atoms with Gasteiger partial charge >= 0.3 is 0 Å². The second kappa shape index (κ2) is 5.29. The number of hydrogen-bond donors (Lipinski definition) is 0. The van der Waals surface area contributed by atoms with Crippen LogP contribution in [0.2, 0.25) is 0 Å². The van der Waals surface area contributed by atoms with Gasteiger partial charge in [0.1, 0.15) is 0 Å². The van der Waals surface area contributed by atoms with Gasteiger partial charge in [-0.1, -0.05) is 12.1 Å². The topological polar surface area (TPSA) is 38.0 Å². The fourth-order valence-electron chi connectivity index (χ4n) is 2.43. The Hall–Kier alpha value is -2.80. The number of fused-ring (bicyclic) bond motifs is 1. The molecular weight excluding hydrogens is 267 g/mol. The lowest BCUT2D eigenvalue weighted by Crippen LogP contribution is -2.02. The molecule has 0 atom stereocenters. The number of ether oxygens (including phenoxy) is 1. The van der Waals surface area contributed by atoms with E-state index in [1.807, 2.05) is 29.0 Å². The second-order valence-electron chi connectivity index (χ2n) is 4.76. The smallest absolute Gasteiger partial charge is 0.170 e. The van der Waals surface area contributed by atoms with Crippen LogP contribution in [-0.4, -0.2) is 11.7 Å². The molecule has 0 spiro atoms. The molecule has 0 saturated heterocycles. The standard InChI is InChI=1S/C17H13FN2O/c1-21-16-4-2-3-14(17(16)18)11-20-8-7-13-9-12(10-19)5-6-15(13)20/h2-9H,11H2,1H3. The maximum absolute atomic E-state index is 14.2. The molecule has 2 aromatic carbocycles. The highest BCUT2D eigenvalue weighted by Gasteiger charge is 2.10. The zero-order valence-electron chi connectivity index (χ0n) is 11.5. The third-order valence-corrected chi connectivity index (χ3v) is 3.50. The average Bonchev–Trinajstić information content (AvgIpc) is 2.91. The van der Waals surface area contributed by atoms with Crippen molar-refractivity contribution in [1.82, 2.24) is 4.57 Å². The molecule has 0 unspecified atom stereocenters. The Labute approximate surface area is 121 Å². The molecule has 3 aromatic rings. The van der Waals surface area contributed by atoms with Crippen LogP contribution in [-0.2, 0) is 6.54 Å². The summed E-state index contributed by atoms with van der Waals surface area (Å²) in [6.45, 7) is 0.415. The zero-order chi connectivity index (χ0) is 14.8. The van der Waals surface area contributed by atoms with Gasteiger partial charge in [-0.15, -0.1) is 0 Å². The third-order valence-electron chi connectivity index (χ3n) is 3.50. The number of aromatic nitrogens is 1. The van der Waals surface area contributed by atoms with E-state index >= 15 is 0 Å². The number of halogens is 1. The normalized spacial score (nSPS) is 10.5. The number of benzene rings is 2. The largest absolute Gasteiger partial charge is 0.494 e. The fourth-order valence-corrected chi connectivity index (χ4v) is 2.43. The van der Waals surface area contributed by atoms with Crippen LogP contribution in [0.3, 0.4) is 0 Å². The maximum atomic E-state index is 14.2. The Morgan fingerprint density at radius 2 is 2.10 bits per heavy atom. The third kappa shape index (κ3) is 2.34. The highest BCUT2D eigenvalue weighted by molar-refractivity contribution is 5.81. The molecule has 0 N–H and O–H groups in total. The van der Waals surface area contributed by atoms with Crippen molar-refractivity contribution in [2.75, 3.05) is 7.11 Å². The summed E-state index contributed by atoms with van der Waals surface area (Å²) in [5.41, 5.74) is 2.15. The summed E-state index contributed by atoms with van der Waals surface area (Å²) in [6.07, 6.45) is 1.89. The van der Waals surface area contributed by atoms with Crippen LogP contribution in [0.25, 0.3) is 10.9 Å². The van der Waals surface area contributed by atoms with Crippen molar-refractivity contribution < 1.29 is 9.13 Å². The summed E-state index contributed by atoms with van der Waals surface area (Å²) < 4.78 is 21.2. The minimum atomic E-state index is -0.338. The molecule has 0 saturated carbocycles. The first-order valence-corrected chi connectivity index (χ1v) is 6.53. The van der Waals surface area contributed by atoms with E-state index in [0.29, 0.717) is 17.7 Å². The highest BCUT2D eigenvalue weighted by atomic mass is 19.1. The number of hydrogen-bond acceptors (Lipinski definition) is 2. The lowest BCUT2D eigenvalue weighted by Gasteiger charge is -2.09. The van der Waals surface area contributed by atoms with E-state index in [2.05, 4.69) is 6.07 Å². The average molecular weight is 280 g/mol. The number of nitrogens with zero attached hydrogens (tertiary/aromatic N) is 2. The molecule has 0 fully saturated rings. The van der Waals surface area contributed by atoms with Crippen LogP contribution >= 0.6 is 0 Å². The lowest BCUT2D eigenvalue weighted by molar-refractivity contribution is 0.383. The predicted molar refractivity (Wildman–Crippen MR) is 78.7 cm³/mol. The van der Waals surface area contributed by atoms with Crippen molar-refractivity contribution in [2.24, 2.45) is 0 Å². The first-order chi connectivity index (χ1) is 10.2. The molecule has 0 bridgehead atoms. The minimum absolute atomic E-state index is 0.246. The van der Waals surface area contributed by atoms with E-state index in [1.54, 1.807) is 24.3 Å². The fraction of sp³-hybridized carbons (Fsp3) is 0.118. The summed E-state index contributed by atoms with van der Waals surface area (Å²) in [6, 6.07) is 14.6. The van der Waals surface area contributed by atoms with E-state index in [4.69, 9.17) is 10.00 Å². The van der Waals surface area contributed by atoms with Gasteiger partial charge in [-0.2, -0.15) is 5.26 Å². The molecular formula is C17H13FN2O. The molecule has 104 valence electrons. The Bertz CT molecular complexity index is 846. The van der Waals surface area contributed by atoms with Gasteiger partial charge in [-0.3, -0.25) is 0 Å². The van der Waals surface area contributed by atoms with Crippen molar-refractivity contribution >= 4 is 10.9 Å². The Balaban J connectivity index is 2.01. The summed E-state index contributed by atoms with van der Waals surface area (Å²) in [5.74, 6) is -0.0915. The van der Waals surface area contributed by atoms with Gasteiger partial charge < -0.3 is 9.30 Å². The van der Waals surface area contributed by atoms with Crippen LogP contribution in [0.5, 0.6) is 5.75 Å². The number of nitriles is 1. The van der Waals surface area contributed by atoms with Gasteiger partial charge in [0.15, 0.2) is 11.6 Å². The van der Waals surface area contributed by atoms with Gasteiger partial charge in [-0.05, 0) is 30.3 Å². The molecule has 3 nitrogen and oxygen atoms in total. The van der Waals surface area contributed by atoms with Gasteiger partial charge in [-0.25, -0.2) is 4.39 Å². The van der Waals surface area contributed by atoms with Gasteiger partial charge in [0.05, 0.1) is 25.3 Å². The van der Waals surface area contributed by atoms with E-state index < -0.39 is 0 Å². The Morgan fingerprint density at radius 1 is 1.24 bits per heavy atom. The van der Waals surface area contributed by atoms with Crippen molar-refractivity contribution in [3.63, 3.8) is 0 Å². The molecule has 0 aliphatic rings. The molecule has 0 aliphatic heterocycles. The lowest BCUT2D eigenvalue weighted by atomic mass is 10.1. The molecule has 1 heterocycles. The summed E-state index contributed by atoms with van der Waals surface area (Å²) >= 11 is 0. The second-order valence-corrected chi connectivity index (χ2v) is 4.76. The maximum Gasteiger partial charge on any atom is 0.170 e. The van der Waals surface area contributed by atoms with Gasteiger partial charge in [0.2, 0.25) is 0 Å². The molecule has 0 radical (unpaired) electrons. The van der Waals surface area contributed by atoms with Crippen LogP contribution in [0.4, 0.5) is 4.39 Å². The first kappa shape index (κ1) is 13.2. The van der Waals surface area contributed by atoms with Crippen molar-refractivity contribution in [2.45, 2.75) is 6.54 Å². The summed E-state index contributed by atoms with van der Waals surface area (Å²) in [7, 11) is 1.46. The van der Waals surface area contributed by atoms with Crippen molar-refractivity contribution in [1.29, 1.82) is 5.26 Å². The first-order valence-electron chi connectivity index (χ1n) is 6.53. The Morgan fingerprint density at radius 3 is 2.86 bits per heavy atom. The number of rotatable bonds is 3. The molecule has 1 aromatic heterocycles. The van der Waals surface area contributed by atoms with Crippen LogP contribution in [0.15, 0.2) is 48.7 Å². The highest BCUT2D eigenvalue weighted by Crippen LogP contribution is 2.23. The van der Waals surface area contributed by atoms with Crippen LogP contribution in [0, 0.1) is 17.1 Å². The van der Waals surface area contributed by atoms with E-state index in [0.717, 1.165) is 10.9 Å². The van der Waals surface area contributed by atoms with Crippen LogP contribution in [0.1, 0.15) is 11.1 Å². The summed E-state index contributed by atoms with van der Waals surface area (Å²) in [5, 5.41) is 9.88. The van der Waals surface area contributed by atoms with Gasteiger partial charge in [0.25, 0.3) is 0 Å². The molecule has 3 rings (SSSR count). The quantitative estimate of drug-likeness (QED) is 0.733. The van der Waals surface area contributed by atoms with E-state index in [-0.39, 0.29) is 11.6 Å².